The summed E-state index contributed by atoms with van der Waals surface area (Å²) < 4.78 is 31.2. The van der Waals surface area contributed by atoms with Crippen LogP contribution in [0.25, 0.3) is 0 Å². The van der Waals surface area contributed by atoms with Gasteiger partial charge in [0.15, 0.2) is 5.76 Å². The molecule has 1 aliphatic heterocycles. The van der Waals surface area contributed by atoms with Crippen molar-refractivity contribution >= 4 is 23.2 Å². The molecule has 2 heterocycles. The topological polar surface area (TPSA) is 83.4 Å². The van der Waals surface area contributed by atoms with Gasteiger partial charge in [0.1, 0.15) is 0 Å². The second-order valence-electron chi connectivity index (χ2n) is 5.49. The first-order valence-corrected chi connectivity index (χ1v) is 7.30. The monoisotopic (exact) mass is 335 g/mol. The van der Waals surface area contributed by atoms with Crippen molar-refractivity contribution in [1.29, 1.82) is 0 Å². The molecule has 1 unspecified atom stereocenters. The minimum Gasteiger partial charge on any atom is -0.459 e. The molecule has 1 aromatic heterocycles. The molecule has 3 rings (SSSR count). The average molecular weight is 335 g/mol. The molecule has 0 bridgehead atoms. The maximum absolute atomic E-state index is 13.1. The average Bonchev–Trinajstić information content (AvgIpc) is 3.18. The standard InChI is InChI=1S/C16H15F2N3O3/c17-16(18)8-12(19-9-16)14(22)20-10-3-5-11(6-4-10)21-15(23)13-2-1-7-24-13/h1-7,12,19H,8-9H2,(H,20,22)(H,21,23). The van der Waals surface area contributed by atoms with Gasteiger partial charge in [0, 0.05) is 17.8 Å². The number of nitrogens with one attached hydrogen (secondary N) is 3. The van der Waals surface area contributed by atoms with E-state index >= 15 is 0 Å². The summed E-state index contributed by atoms with van der Waals surface area (Å²) in [4.78, 5) is 23.8. The Labute approximate surface area is 136 Å². The number of rotatable bonds is 4. The number of benzene rings is 1. The van der Waals surface area contributed by atoms with E-state index in [0.717, 1.165) is 0 Å². The van der Waals surface area contributed by atoms with Crippen LogP contribution in [-0.2, 0) is 4.79 Å². The molecule has 0 aliphatic carbocycles. The first-order chi connectivity index (χ1) is 11.4. The van der Waals surface area contributed by atoms with E-state index < -0.39 is 36.7 Å². The van der Waals surface area contributed by atoms with Crippen molar-refractivity contribution in [3.63, 3.8) is 0 Å². The van der Waals surface area contributed by atoms with Gasteiger partial charge in [0.2, 0.25) is 5.91 Å². The Morgan fingerprint density at radius 3 is 2.33 bits per heavy atom. The van der Waals surface area contributed by atoms with E-state index in [-0.39, 0.29) is 5.76 Å². The van der Waals surface area contributed by atoms with E-state index in [1.54, 1.807) is 30.3 Å². The van der Waals surface area contributed by atoms with Crippen LogP contribution in [0.3, 0.4) is 0 Å². The number of furan rings is 1. The number of amides is 2. The Hall–Kier alpha value is -2.74. The van der Waals surface area contributed by atoms with Crippen LogP contribution in [0.15, 0.2) is 47.1 Å². The van der Waals surface area contributed by atoms with Gasteiger partial charge < -0.3 is 15.1 Å². The van der Waals surface area contributed by atoms with Crippen LogP contribution < -0.4 is 16.0 Å². The Morgan fingerprint density at radius 2 is 1.79 bits per heavy atom. The van der Waals surface area contributed by atoms with Crippen molar-refractivity contribution < 1.29 is 22.8 Å². The first-order valence-electron chi connectivity index (χ1n) is 7.30. The van der Waals surface area contributed by atoms with Crippen LogP contribution in [-0.4, -0.2) is 30.3 Å². The third-order valence-electron chi connectivity index (χ3n) is 3.58. The zero-order chi connectivity index (χ0) is 17.2. The molecule has 0 radical (unpaired) electrons. The lowest BCUT2D eigenvalue weighted by Crippen LogP contribution is -2.35. The fraction of sp³-hybridized carbons (Fsp3) is 0.250. The number of anilines is 2. The first kappa shape index (κ1) is 16.1. The Kier molecular flexibility index (Phi) is 4.30. The minimum absolute atomic E-state index is 0.181. The van der Waals surface area contributed by atoms with Gasteiger partial charge in [-0.15, -0.1) is 0 Å². The van der Waals surface area contributed by atoms with Crippen LogP contribution in [0.5, 0.6) is 0 Å². The van der Waals surface area contributed by atoms with E-state index in [2.05, 4.69) is 16.0 Å². The third kappa shape index (κ3) is 3.77. The number of hydrogen-bond donors (Lipinski definition) is 3. The predicted molar refractivity (Wildman–Crippen MR) is 83.1 cm³/mol. The highest BCUT2D eigenvalue weighted by Crippen LogP contribution is 2.26. The third-order valence-corrected chi connectivity index (χ3v) is 3.58. The van der Waals surface area contributed by atoms with E-state index in [9.17, 15) is 18.4 Å². The summed E-state index contributed by atoms with van der Waals surface area (Å²) in [6.45, 7) is -0.497. The fourth-order valence-electron chi connectivity index (χ4n) is 2.37. The van der Waals surface area contributed by atoms with E-state index in [4.69, 9.17) is 4.42 Å². The summed E-state index contributed by atoms with van der Waals surface area (Å²) >= 11 is 0. The van der Waals surface area contributed by atoms with Crippen LogP contribution in [0, 0.1) is 0 Å². The van der Waals surface area contributed by atoms with Gasteiger partial charge in [-0.3, -0.25) is 14.9 Å². The van der Waals surface area contributed by atoms with Crippen molar-refractivity contribution in [2.24, 2.45) is 0 Å². The Balaban J connectivity index is 1.57. The summed E-state index contributed by atoms with van der Waals surface area (Å²) in [5.74, 6) is -3.59. The van der Waals surface area contributed by atoms with Crippen LogP contribution in [0.2, 0.25) is 0 Å². The molecule has 3 N–H and O–H groups in total. The van der Waals surface area contributed by atoms with Gasteiger partial charge in [-0.1, -0.05) is 0 Å². The lowest BCUT2D eigenvalue weighted by atomic mass is 10.2. The maximum atomic E-state index is 13.1. The largest absolute Gasteiger partial charge is 0.459 e. The summed E-state index contributed by atoms with van der Waals surface area (Å²) in [6.07, 6.45) is 0.879. The number of alkyl halides is 2. The van der Waals surface area contributed by atoms with Gasteiger partial charge in [-0.05, 0) is 36.4 Å². The van der Waals surface area contributed by atoms with Crippen LogP contribution in [0.1, 0.15) is 17.0 Å². The number of halogens is 2. The summed E-state index contributed by atoms with van der Waals surface area (Å²) in [5.41, 5.74) is 0.966. The molecule has 2 aromatic rings. The van der Waals surface area contributed by atoms with Gasteiger partial charge in [-0.2, -0.15) is 0 Å². The van der Waals surface area contributed by atoms with Gasteiger partial charge in [0.25, 0.3) is 11.8 Å². The maximum Gasteiger partial charge on any atom is 0.291 e. The molecule has 0 spiro atoms. The molecular formula is C16H15F2N3O3. The molecule has 6 nitrogen and oxygen atoms in total. The number of hydrogen-bond acceptors (Lipinski definition) is 4. The fourth-order valence-corrected chi connectivity index (χ4v) is 2.37. The molecule has 0 saturated carbocycles. The second kappa shape index (κ2) is 6.40. The summed E-state index contributed by atoms with van der Waals surface area (Å²) in [7, 11) is 0. The summed E-state index contributed by atoms with van der Waals surface area (Å²) in [6, 6.07) is 8.55. The zero-order valence-electron chi connectivity index (χ0n) is 12.5. The normalized spacial score (nSPS) is 19.0. The predicted octanol–water partition coefficient (Wildman–Crippen LogP) is 2.47. The highest BCUT2D eigenvalue weighted by atomic mass is 19.3. The molecule has 24 heavy (non-hydrogen) atoms. The van der Waals surface area contributed by atoms with E-state index in [1.165, 1.54) is 12.3 Å². The molecule has 1 atom stereocenters. The van der Waals surface area contributed by atoms with Gasteiger partial charge >= 0.3 is 0 Å². The Morgan fingerprint density at radius 1 is 1.12 bits per heavy atom. The molecule has 126 valence electrons. The molecule has 8 heteroatoms. The highest BCUT2D eigenvalue weighted by Gasteiger charge is 2.42. The van der Waals surface area contributed by atoms with Crippen LogP contribution >= 0.6 is 0 Å². The van der Waals surface area contributed by atoms with Crippen molar-refractivity contribution in [3.8, 4) is 0 Å². The minimum atomic E-state index is -2.86. The lowest BCUT2D eigenvalue weighted by molar-refractivity contribution is -0.118. The van der Waals surface area contributed by atoms with E-state index in [0.29, 0.717) is 11.4 Å². The number of carbonyl (C=O) groups is 2. The molecule has 1 fully saturated rings. The number of carbonyl (C=O) groups excluding carboxylic acids is 2. The highest BCUT2D eigenvalue weighted by molar-refractivity contribution is 6.02. The zero-order valence-corrected chi connectivity index (χ0v) is 12.5. The summed E-state index contributed by atoms with van der Waals surface area (Å²) in [5, 5.41) is 7.69. The molecule has 1 aromatic carbocycles. The van der Waals surface area contributed by atoms with E-state index in [1.807, 2.05) is 0 Å². The quantitative estimate of drug-likeness (QED) is 0.801. The van der Waals surface area contributed by atoms with Crippen molar-refractivity contribution in [1.82, 2.24) is 5.32 Å². The van der Waals surface area contributed by atoms with Gasteiger partial charge in [-0.25, -0.2) is 8.78 Å². The molecule has 2 amide bonds. The van der Waals surface area contributed by atoms with Crippen molar-refractivity contribution in [3.05, 3.63) is 48.4 Å². The van der Waals surface area contributed by atoms with Gasteiger partial charge in [0.05, 0.1) is 18.8 Å². The van der Waals surface area contributed by atoms with Crippen molar-refractivity contribution in [2.75, 3.05) is 17.2 Å². The SMILES string of the molecule is O=C(Nc1ccc(NC(=O)C2CC(F)(F)CN2)cc1)c1ccco1. The second-order valence-corrected chi connectivity index (χ2v) is 5.49. The van der Waals surface area contributed by atoms with Crippen LogP contribution in [0.4, 0.5) is 20.2 Å². The lowest BCUT2D eigenvalue weighted by Gasteiger charge is -2.11. The smallest absolute Gasteiger partial charge is 0.291 e. The molecule has 1 aliphatic rings. The Bertz CT molecular complexity index is 730. The molecular weight excluding hydrogens is 320 g/mol. The van der Waals surface area contributed by atoms with Crippen molar-refractivity contribution in [2.45, 2.75) is 18.4 Å². The molecule has 1 saturated heterocycles.